The van der Waals surface area contributed by atoms with Crippen molar-refractivity contribution in [3.63, 3.8) is 0 Å². The Bertz CT molecular complexity index is 69.3. The smallest absolute Gasteiger partial charge is 0.0660 e. The summed E-state index contributed by atoms with van der Waals surface area (Å²) in [6, 6.07) is 0. The summed E-state index contributed by atoms with van der Waals surface area (Å²) >= 11 is 0. The third kappa shape index (κ3) is 48.6. The molecule has 0 fully saturated rings. The molecule has 0 aromatic carbocycles. The molecule has 3 nitrogen and oxygen atoms in total. The summed E-state index contributed by atoms with van der Waals surface area (Å²) in [6.45, 7) is 4.53. The highest BCUT2D eigenvalue weighted by Crippen LogP contribution is 1.69. The first-order valence-corrected chi connectivity index (χ1v) is 3.23. The molecule has 10 heavy (non-hydrogen) atoms. The Hall–Kier alpha value is -0.380. The topological polar surface area (TPSA) is 30.7 Å². The van der Waals surface area contributed by atoms with E-state index in [0.29, 0.717) is 0 Å². The summed E-state index contributed by atoms with van der Waals surface area (Å²) in [5.74, 6) is 0. The molecule has 0 saturated carbocycles. The highest BCUT2D eigenvalue weighted by Gasteiger charge is 1.75. The second-order valence-corrected chi connectivity index (χ2v) is 2.46. The van der Waals surface area contributed by atoms with Crippen LogP contribution < -0.4 is 5.06 Å². The van der Waals surface area contributed by atoms with Crippen LogP contribution in [0.1, 0.15) is 0 Å². The SMILES string of the molecule is C=CCN(C)C.C[NH+](C)[O-]. The molecule has 0 radical (unpaired) electrons. The first kappa shape index (κ1) is 12.3. The summed E-state index contributed by atoms with van der Waals surface area (Å²) < 4.78 is 0. The van der Waals surface area contributed by atoms with Gasteiger partial charge in [-0.25, -0.2) is 0 Å². The van der Waals surface area contributed by atoms with Gasteiger partial charge in [0.2, 0.25) is 0 Å². The van der Waals surface area contributed by atoms with Gasteiger partial charge < -0.3 is 15.2 Å². The normalized spacial score (nSPS) is 9.10. The van der Waals surface area contributed by atoms with E-state index in [4.69, 9.17) is 0 Å². The van der Waals surface area contributed by atoms with E-state index >= 15 is 0 Å². The number of hydrogen-bond donors (Lipinski definition) is 1. The Labute approximate surface area is 63.5 Å². The molecule has 0 bridgehead atoms. The molecule has 0 heterocycles. The number of quaternary nitrogens is 1. The molecule has 0 amide bonds. The van der Waals surface area contributed by atoms with Gasteiger partial charge in [0.05, 0.1) is 14.1 Å². The third-order valence-electron chi connectivity index (χ3n) is 0.494. The lowest BCUT2D eigenvalue weighted by molar-refractivity contribution is -0.802. The summed E-state index contributed by atoms with van der Waals surface area (Å²) in [5, 5.41) is 9.61. The summed E-state index contributed by atoms with van der Waals surface area (Å²) in [7, 11) is 7.09. The van der Waals surface area contributed by atoms with Crippen LogP contribution in [-0.4, -0.2) is 39.6 Å². The lowest BCUT2D eigenvalue weighted by Gasteiger charge is -2.04. The number of nitrogens with one attached hydrogen (secondary N) is 1. The van der Waals surface area contributed by atoms with E-state index in [1.54, 1.807) is 0 Å². The highest BCUT2D eigenvalue weighted by atomic mass is 16.5. The lowest BCUT2D eigenvalue weighted by atomic mass is 10.6. The van der Waals surface area contributed by atoms with E-state index < -0.39 is 0 Å². The fourth-order valence-electron chi connectivity index (χ4n) is 0.258. The zero-order chi connectivity index (χ0) is 8.57. The Morgan fingerprint density at radius 1 is 1.50 bits per heavy atom. The molecule has 1 N–H and O–H groups in total. The summed E-state index contributed by atoms with van der Waals surface area (Å²) in [5.41, 5.74) is 0. The average molecular weight is 146 g/mol. The molecule has 0 spiro atoms. The van der Waals surface area contributed by atoms with E-state index in [-0.39, 0.29) is 5.06 Å². The molecule has 0 atom stereocenters. The standard InChI is InChI=1S/C5H11N.C2H7NO/c1-4-5-6(2)3;1-3(2)4/h4H,1,5H2,2-3H3;3H,1-2H3. The maximum Gasteiger partial charge on any atom is 0.0660 e. The number of rotatable bonds is 2. The number of likely N-dealkylation sites (N-methyl/N-ethyl adjacent to an activating group) is 1. The summed E-state index contributed by atoms with van der Waals surface area (Å²) in [6.07, 6.45) is 1.88. The van der Waals surface area contributed by atoms with Crippen molar-refractivity contribution in [3.05, 3.63) is 17.9 Å². The van der Waals surface area contributed by atoms with Crippen LogP contribution in [0.4, 0.5) is 0 Å². The fourth-order valence-corrected chi connectivity index (χ4v) is 0.258. The Morgan fingerprint density at radius 3 is 1.80 bits per heavy atom. The van der Waals surface area contributed by atoms with E-state index in [9.17, 15) is 5.21 Å². The zero-order valence-corrected chi connectivity index (χ0v) is 7.35. The molecule has 0 aliphatic heterocycles. The maximum atomic E-state index is 9.44. The van der Waals surface area contributed by atoms with Crippen molar-refractivity contribution >= 4 is 0 Å². The van der Waals surface area contributed by atoms with Gasteiger partial charge in [0, 0.05) is 6.54 Å². The Balaban J connectivity index is 0. The van der Waals surface area contributed by atoms with Crippen LogP contribution in [0, 0.1) is 5.21 Å². The minimum atomic E-state index is 0.167. The van der Waals surface area contributed by atoms with Crippen LogP contribution in [-0.2, 0) is 0 Å². The first-order chi connectivity index (χ1) is 4.50. The third-order valence-corrected chi connectivity index (χ3v) is 0.494. The van der Waals surface area contributed by atoms with Crippen LogP contribution in [0.2, 0.25) is 0 Å². The van der Waals surface area contributed by atoms with Gasteiger partial charge in [0.1, 0.15) is 0 Å². The predicted molar refractivity (Wildman–Crippen MR) is 44.9 cm³/mol. The van der Waals surface area contributed by atoms with Gasteiger partial charge in [-0.15, -0.1) is 6.58 Å². The van der Waals surface area contributed by atoms with Gasteiger partial charge in [0.25, 0.3) is 0 Å². The van der Waals surface area contributed by atoms with Crippen molar-refractivity contribution in [2.24, 2.45) is 0 Å². The zero-order valence-electron chi connectivity index (χ0n) is 7.35. The van der Waals surface area contributed by atoms with Crippen molar-refractivity contribution in [1.82, 2.24) is 4.90 Å². The largest absolute Gasteiger partial charge is 0.635 e. The van der Waals surface area contributed by atoms with E-state index in [2.05, 4.69) is 11.5 Å². The molecular formula is C7H18N2O. The van der Waals surface area contributed by atoms with Gasteiger partial charge in [-0.3, -0.25) is 0 Å². The Kier molecular flexibility index (Phi) is 10.6. The van der Waals surface area contributed by atoms with E-state index in [0.717, 1.165) is 6.54 Å². The molecule has 0 unspecified atom stereocenters. The van der Waals surface area contributed by atoms with Gasteiger partial charge in [-0.2, -0.15) is 0 Å². The molecule has 0 rings (SSSR count). The first-order valence-electron chi connectivity index (χ1n) is 3.23. The van der Waals surface area contributed by atoms with E-state index in [1.165, 1.54) is 14.1 Å². The predicted octanol–water partition coefficient (Wildman–Crippen LogP) is -0.637. The average Bonchev–Trinajstić information content (AvgIpc) is 1.62. The number of nitrogens with zero attached hydrogens (tertiary/aromatic N) is 1. The molecule has 0 aliphatic rings. The van der Waals surface area contributed by atoms with Gasteiger partial charge >= 0.3 is 0 Å². The molecule has 0 aromatic heterocycles. The molecule has 3 heteroatoms. The minimum Gasteiger partial charge on any atom is -0.635 e. The van der Waals surface area contributed by atoms with Crippen LogP contribution in [0.25, 0.3) is 0 Å². The van der Waals surface area contributed by atoms with E-state index in [1.807, 2.05) is 20.2 Å². The van der Waals surface area contributed by atoms with Crippen molar-refractivity contribution < 1.29 is 5.06 Å². The Morgan fingerprint density at radius 2 is 1.80 bits per heavy atom. The molecule has 0 aliphatic carbocycles. The second-order valence-electron chi connectivity index (χ2n) is 2.46. The monoisotopic (exact) mass is 146 g/mol. The second kappa shape index (κ2) is 8.62. The molecular weight excluding hydrogens is 128 g/mol. The quantitative estimate of drug-likeness (QED) is 0.415. The van der Waals surface area contributed by atoms with Crippen LogP contribution in [0.15, 0.2) is 12.7 Å². The van der Waals surface area contributed by atoms with Crippen LogP contribution in [0.5, 0.6) is 0 Å². The van der Waals surface area contributed by atoms with Crippen LogP contribution in [0.3, 0.4) is 0 Å². The molecule has 0 saturated heterocycles. The molecule has 62 valence electrons. The van der Waals surface area contributed by atoms with Gasteiger partial charge in [-0.1, -0.05) is 6.08 Å². The minimum absolute atomic E-state index is 0.167. The van der Waals surface area contributed by atoms with Gasteiger partial charge in [-0.05, 0) is 14.1 Å². The van der Waals surface area contributed by atoms with Crippen molar-refractivity contribution in [2.75, 3.05) is 34.7 Å². The fraction of sp³-hybridized carbons (Fsp3) is 0.714. The van der Waals surface area contributed by atoms with Crippen molar-refractivity contribution in [3.8, 4) is 0 Å². The molecule has 0 aromatic rings. The highest BCUT2D eigenvalue weighted by molar-refractivity contribution is 4.68. The summed E-state index contributed by atoms with van der Waals surface area (Å²) in [4.78, 5) is 2.06. The van der Waals surface area contributed by atoms with Crippen molar-refractivity contribution in [2.45, 2.75) is 0 Å². The lowest BCUT2D eigenvalue weighted by Crippen LogP contribution is -3.00. The maximum absolute atomic E-state index is 9.44. The number of hydrogen-bond acceptors (Lipinski definition) is 2. The number of hydroxylamine groups is 2. The van der Waals surface area contributed by atoms with Gasteiger partial charge in [0.15, 0.2) is 0 Å². The van der Waals surface area contributed by atoms with Crippen molar-refractivity contribution in [1.29, 1.82) is 0 Å². The van der Waals surface area contributed by atoms with Crippen LogP contribution >= 0.6 is 0 Å².